The van der Waals surface area contributed by atoms with E-state index in [2.05, 4.69) is 6.92 Å². The molecule has 2 heterocycles. The van der Waals surface area contributed by atoms with Gasteiger partial charge in [-0.3, -0.25) is 4.79 Å². The van der Waals surface area contributed by atoms with Gasteiger partial charge >= 0.3 is 11.9 Å². The number of carboxylic acids is 1. The minimum Gasteiger partial charge on any atom is -0.481 e. The van der Waals surface area contributed by atoms with E-state index in [-0.39, 0.29) is 5.91 Å². The molecule has 1 N–H and O–H groups in total. The number of hydrogen-bond donors (Lipinski definition) is 1. The maximum atomic E-state index is 12.8. The Morgan fingerprint density at radius 1 is 0.727 bits per heavy atom. The highest BCUT2D eigenvalue weighted by Crippen LogP contribution is 2.17. The standard InChI is InChI=1S/C28H41N2O3/c1-3-4-5-6-7-8-9-10-11-12-13-14-15-26(28(32)33)27(31)30-22-18-25(19-23-30)24-16-20-29(2)21-17-24/h16-23,26H,3-15H2,1-2H3/q+1/p+1. The number of rotatable bonds is 16. The second kappa shape index (κ2) is 15.3. The molecular weight excluding hydrogens is 412 g/mol. The molecule has 5 heteroatoms. The Morgan fingerprint density at radius 2 is 1.15 bits per heavy atom. The maximum Gasteiger partial charge on any atom is 0.406 e. The largest absolute Gasteiger partial charge is 0.481 e. The second-order valence-corrected chi connectivity index (χ2v) is 9.15. The number of pyridine rings is 2. The van der Waals surface area contributed by atoms with Crippen LogP contribution >= 0.6 is 0 Å². The summed E-state index contributed by atoms with van der Waals surface area (Å²) < 4.78 is 3.37. The Kier molecular flexibility index (Phi) is 12.4. The highest BCUT2D eigenvalue weighted by atomic mass is 16.4. The molecule has 0 aromatic carbocycles. The Bertz CT molecular complexity index is 831. The SMILES string of the molecule is CCCCCCCCCCCCCCC(C(=O)O)C(=O)[n+]1ccc(-c2cc[n+](C)cc2)cc1. The molecule has 0 radical (unpaired) electrons. The second-order valence-electron chi connectivity index (χ2n) is 9.15. The first-order valence-electron chi connectivity index (χ1n) is 12.8. The lowest BCUT2D eigenvalue weighted by atomic mass is 9.98. The molecule has 0 amide bonds. The van der Waals surface area contributed by atoms with Gasteiger partial charge in [-0.1, -0.05) is 84.0 Å². The maximum absolute atomic E-state index is 12.8. The van der Waals surface area contributed by atoms with E-state index in [9.17, 15) is 14.7 Å². The summed E-state index contributed by atoms with van der Waals surface area (Å²) in [7, 11) is 1.96. The van der Waals surface area contributed by atoms with E-state index in [4.69, 9.17) is 0 Å². The number of aromatic nitrogens is 2. The summed E-state index contributed by atoms with van der Waals surface area (Å²) in [4.78, 5) is 24.5. The molecule has 0 aliphatic heterocycles. The van der Waals surface area contributed by atoms with Crippen molar-refractivity contribution in [2.75, 3.05) is 0 Å². The van der Waals surface area contributed by atoms with Crippen LogP contribution in [0.4, 0.5) is 0 Å². The molecule has 0 aliphatic carbocycles. The lowest BCUT2D eigenvalue weighted by molar-refractivity contribution is -0.671. The van der Waals surface area contributed by atoms with E-state index in [1.54, 1.807) is 12.4 Å². The third kappa shape index (κ3) is 9.85. The number of carboxylic acid groups (broad SMARTS) is 1. The number of carbonyl (C=O) groups is 2. The van der Waals surface area contributed by atoms with Crippen LogP contribution in [0.2, 0.25) is 0 Å². The van der Waals surface area contributed by atoms with Crippen molar-refractivity contribution in [3.63, 3.8) is 0 Å². The monoisotopic (exact) mass is 454 g/mol. The van der Waals surface area contributed by atoms with Gasteiger partial charge in [0.05, 0.1) is 0 Å². The summed E-state index contributed by atoms with van der Waals surface area (Å²) in [6, 6.07) is 7.73. The van der Waals surface area contributed by atoms with Crippen molar-refractivity contribution in [1.29, 1.82) is 0 Å². The van der Waals surface area contributed by atoms with Crippen LogP contribution < -0.4 is 9.13 Å². The summed E-state index contributed by atoms with van der Waals surface area (Å²) in [5, 5.41) is 9.60. The molecule has 180 valence electrons. The molecule has 0 saturated heterocycles. The number of hydrogen-bond acceptors (Lipinski definition) is 2. The molecular formula is C28H42N2O3+2. The Morgan fingerprint density at radius 3 is 1.61 bits per heavy atom. The summed E-state index contributed by atoms with van der Waals surface area (Å²) in [6.07, 6.45) is 22.4. The number of carbonyl (C=O) groups excluding carboxylic acids is 1. The van der Waals surface area contributed by atoms with Gasteiger partial charge in [0, 0.05) is 24.3 Å². The van der Waals surface area contributed by atoms with E-state index in [0.29, 0.717) is 6.42 Å². The molecule has 5 nitrogen and oxygen atoms in total. The van der Waals surface area contributed by atoms with Crippen molar-refractivity contribution in [2.24, 2.45) is 13.0 Å². The smallest absolute Gasteiger partial charge is 0.406 e. The first-order valence-corrected chi connectivity index (χ1v) is 12.8. The van der Waals surface area contributed by atoms with Crippen molar-refractivity contribution in [3.05, 3.63) is 49.1 Å². The van der Waals surface area contributed by atoms with Crippen LogP contribution in [0.25, 0.3) is 11.1 Å². The fourth-order valence-electron chi connectivity index (χ4n) is 4.18. The van der Waals surface area contributed by atoms with Gasteiger partial charge in [-0.25, -0.2) is 9.36 Å². The third-order valence-corrected chi connectivity index (χ3v) is 6.34. The van der Waals surface area contributed by atoms with Crippen LogP contribution in [0.5, 0.6) is 0 Å². The van der Waals surface area contributed by atoms with Crippen molar-refractivity contribution >= 4 is 11.9 Å². The van der Waals surface area contributed by atoms with E-state index in [0.717, 1.165) is 30.4 Å². The number of aryl methyl sites for hydroxylation is 1. The topological polar surface area (TPSA) is 62.1 Å². The molecule has 33 heavy (non-hydrogen) atoms. The predicted molar refractivity (Wildman–Crippen MR) is 131 cm³/mol. The predicted octanol–water partition coefficient (Wildman–Crippen LogP) is 5.90. The lowest BCUT2D eigenvalue weighted by Gasteiger charge is -2.08. The highest BCUT2D eigenvalue weighted by molar-refractivity contribution is 5.92. The van der Waals surface area contributed by atoms with Crippen molar-refractivity contribution in [1.82, 2.24) is 0 Å². The number of unbranched alkanes of at least 4 members (excludes halogenated alkanes) is 11. The molecule has 0 saturated carbocycles. The first-order chi connectivity index (χ1) is 16.0. The molecule has 0 aliphatic rings. The van der Waals surface area contributed by atoms with Gasteiger partial charge in [-0.05, 0) is 17.5 Å². The van der Waals surface area contributed by atoms with E-state index in [1.165, 1.54) is 62.4 Å². The molecule has 2 aromatic heterocycles. The van der Waals surface area contributed by atoms with Crippen molar-refractivity contribution in [2.45, 2.75) is 90.4 Å². The molecule has 2 aromatic rings. The lowest BCUT2D eigenvalue weighted by Crippen LogP contribution is -2.48. The fourth-order valence-corrected chi connectivity index (χ4v) is 4.18. The summed E-state index contributed by atoms with van der Waals surface area (Å²) in [5.74, 6) is -2.38. The van der Waals surface area contributed by atoms with Crippen molar-refractivity contribution < 1.29 is 23.8 Å². The van der Waals surface area contributed by atoms with Gasteiger partial charge in [0.1, 0.15) is 7.05 Å². The van der Waals surface area contributed by atoms with Crippen LogP contribution in [0, 0.1) is 5.92 Å². The first kappa shape index (κ1) is 26.7. The van der Waals surface area contributed by atoms with Crippen LogP contribution in [-0.2, 0) is 11.8 Å². The Labute approximate surface area is 199 Å². The zero-order chi connectivity index (χ0) is 23.9. The minimum atomic E-state index is -1.03. The van der Waals surface area contributed by atoms with Crippen molar-refractivity contribution in [3.8, 4) is 11.1 Å². The zero-order valence-electron chi connectivity index (χ0n) is 20.5. The molecule has 0 fully saturated rings. The molecule has 0 bridgehead atoms. The van der Waals surface area contributed by atoms with Gasteiger partial charge in [0.25, 0.3) is 0 Å². The Hall–Kier alpha value is -2.56. The number of aliphatic carboxylic acids is 1. The quantitative estimate of drug-likeness (QED) is 0.195. The van der Waals surface area contributed by atoms with Gasteiger partial charge in [-0.2, -0.15) is 0 Å². The van der Waals surface area contributed by atoms with Crippen LogP contribution in [0.15, 0.2) is 49.1 Å². The van der Waals surface area contributed by atoms with Crippen LogP contribution in [-0.4, -0.2) is 17.0 Å². The summed E-state index contributed by atoms with van der Waals surface area (Å²) >= 11 is 0. The van der Waals surface area contributed by atoms with Gasteiger partial charge < -0.3 is 5.11 Å². The van der Waals surface area contributed by atoms with E-state index >= 15 is 0 Å². The fraction of sp³-hybridized carbons (Fsp3) is 0.571. The van der Waals surface area contributed by atoms with Crippen LogP contribution in [0.1, 0.15) is 95.2 Å². The number of nitrogens with zero attached hydrogens (tertiary/aromatic N) is 2. The van der Waals surface area contributed by atoms with Gasteiger partial charge in [0.2, 0.25) is 0 Å². The summed E-state index contributed by atoms with van der Waals surface area (Å²) in [5.41, 5.74) is 2.05. The van der Waals surface area contributed by atoms with E-state index in [1.807, 2.05) is 48.3 Å². The molecule has 0 spiro atoms. The average molecular weight is 455 g/mol. The van der Waals surface area contributed by atoms with Gasteiger partial charge in [0.15, 0.2) is 30.7 Å². The van der Waals surface area contributed by atoms with Gasteiger partial charge in [-0.15, -0.1) is 4.57 Å². The zero-order valence-corrected chi connectivity index (χ0v) is 20.5. The average Bonchev–Trinajstić information content (AvgIpc) is 2.82. The third-order valence-electron chi connectivity index (χ3n) is 6.34. The minimum absolute atomic E-state index is 0.364. The Balaban J connectivity index is 1.70. The normalized spacial score (nSPS) is 11.9. The molecule has 2 rings (SSSR count). The van der Waals surface area contributed by atoms with Crippen LogP contribution in [0.3, 0.4) is 0 Å². The summed E-state index contributed by atoms with van der Waals surface area (Å²) in [6.45, 7) is 2.25. The van der Waals surface area contributed by atoms with E-state index < -0.39 is 11.9 Å². The highest BCUT2D eigenvalue weighted by Gasteiger charge is 2.33. The molecule has 1 unspecified atom stereocenters. The molecule has 1 atom stereocenters.